The first-order valence-corrected chi connectivity index (χ1v) is 20.4. The lowest BCUT2D eigenvalue weighted by atomic mass is 9.77. The minimum atomic E-state index is -0.393. The number of nitrogen functional groups attached to an aromatic ring is 1. The standard InChI is InChI=1S/C41H53ClN10O3/c1-28-25-41(27-52(28)32-5-6-34(43)33(42)24-32)13-17-50(18-14-41)37-9-7-36(46-47-37)40(55)51-15-11-29(12-16-51)26-48-19-21-49(22-20-48)31-4-2-3-30(23-31)44-35-8-10-38(53)45-39(35)54/h2-7,9,23-24,28-29,35,44H,8,10-22,25-27,43H2,1H3,(H,45,53,54)/t28-,35?/m0/s1. The van der Waals surface area contributed by atoms with E-state index in [9.17, 15) is 14.4 Å². The van der Waals surface area contributed by atoms with E-state index in [-0.39, 0.29) is 23.1 Å². The van der Waals surface area contributed by atoms with Gasteiger partial charge in [-0.05, 0) is 105 Å². The quantitative estimate of drug-likeness (QED) is 0.221. The highest BCUT2D eigenvalue weighted by molar-refractivity contribution is 6.33. The van der Waals surface area contributed by atoms with Gasteiger partial charge in [0, 0.05) is 95.0 Å². The minimum absolute atomic E-state index is 0.0270. The Morgan fingerprint density at radius 3 is 2.40 bits per heavy atom. The maximum atomic E-state index is 13.4. The van der Waals surface area contributed by atoms with Gasteiger partial charge in [0.05, 0.1) is 10.7 Å². The van der Waals surface area contributed by atoms with Crippen LogP contribution in [0.1, 0.15) is 62.4 Å². The van der Waals surface area contributed by atoms with Crippen molar-refractivity contribution >= 4 is 57.9 Å². The lowest BCUT2D eigenvalue weighted by Gasteiger charge is -2.40. The summed E-state index contributed by atoms with van der Waals surface area (Å²) in [6.45, 7) is 11.5. The van der Waals surface area contributed by atoms with E-state index in [1.807, 2.05) is 41.3 Å². The Kier molecular flexibility index (Phi) is 10.8. The zero-order chi connectivity index (χ0) is 38.1. The SMILES string of the molecule is C[C@H]1CC2(CCN(c3ccc(C(=O)N4CCC(CN5CCN(c6cccc(NC7CCC(=O)NC7=O)c6)CC5)CC4)nn3)CC2)CN1c1ccc(N)c(Cl)c1. The highest BCUT2D eigenvalue weighted by atomic mass is 35.5. The van der Waals surface area contributed by atoms with Crippen molar-refractivity contribution < 1.29 is 14.4 Å². The highest BCUT2D eigenvalue weighted by Gasteiger charge is 2.44. The maximum Gasteiger partial charge on any atom is 0.274 e. The number of rotatable bonds is 8. The summed E-state index contributed by atoms with van der Waals surface area (Å²) in [7, 11) is 0. The molecule has 1 spiro atoms. The van der Waals surface area contributed by atoms with Crippen LogP contribution in [0, 0.1) is 11.3 Å². The molecule has 8 rings (SSSR count). The molecule has 0 saturated carbocycles. The molecule has 13 nitrogen and oxygen atoms in total. The first-order valence-electron chi connectivity index (χ1n) is 20.0. The van der Waals surface area contributed by atoms with Gasteiger partial charge in [0.15, 0.2) is 11.5 Å². The third-order valence-corrected chi connectivity index (χ3v) is 13.0. The fourth-order valence-electron chi connectivity index (χ4n) is 9.40. The van der Waals surface area contributed by atoms with Crippen molar-refractivity contribution in [1.29, 1.82) is 0 Å². The predicted octanol–water partition coefficient (Wildman–Crippen LogP) is 4.49. The molecule has 5 saturated heterocycles. The van der Waals surface area contributed by atoms with Gasteiger partial charge >= 0.3 is 0 Å². The van der Waals surface area contributed by atoms with E-state index in [0.717, 1.165) is 120 Å². The summed E-state index contributed by atoms with van der Waals surface area (Å²) < 4.78 is 0. The number of anilines is 5. The number of carbonyl (C=O) groups is 3. The molecule has 3 aromatic rings. The number of halogens is 1. The van der Waals surface area contributed by atoms with E-state index in [0.29, 0.717) is 41.2 Å². The Morgan fingerprint density at radius 2 is 1.69 bits per heavy atom. The second-order valence-corrected chi connectivity index (χ2v) is 16.8. The van der Waals surface area contributed by atoms with Crippen molar-refractivity contribution in [3.05, 3.63) is 65.3 Å². The number of nitrogens with zero attached hydrogens (tertiary/aromatic N) is 7. The number of nitrogens with two attached hydrogens (primary N) is 1. The molecule has 5 aliphatic rings. The van der Waals surface area contributed by atoms with Crippen molar-refractivity contribution in [3.8, 4) is 0 Å². The first-order chi connectivity index (χ1) is 26.6. The molecular formula is C41H53ClN10O3. The lowest BCUT2D eigenvalue weighted by molar-refractivity contribution is -0.133. The summed E-state index contributed by atoms with van der Waals surface area (Å²) in [5, 5.41) is 15.3. The Bertz CT molecular complexity index is 1870. The number of likely N-dealkylation sites (tertiary alicyclic amines) is 1. The average molecular weight is 769 g/mol. The summed E-state index contributed by atoms with van der Waals surface area (Å²) in [5.41, 5.74) is 10.4. The average Bonchev–Trinajstić information content (AvgIpc) is 3.52. The van der Waals surface area contributed by atoms with Crippen molar-refractivity contribution in [3.63, 3.8) is 0 Å². The molecule has 5 aliphatic heterocycles. The van der Waals surface area contributed by atoms with Crippen LogP contribution in [0.3, 0.4) is 0 Å². The van der Waals surface area contributed by atoms with Crippen molar-refractivity contribution in [1.82, 2.24) is 25.3 Å². The fraction of sp³-hybridized carbons (Fsp3) is 0.537. The summed E-state index contributed by atoms with van der Waals surface area (Å²) in [6.07, 6.45) is 6.16. The van der Waals surface area contributed by atoms with Crippen LogP contribution in [0.5, 0.6) is 0 Å². The van der Waals surface area contributed by atoms with Gasteiger partial charge in [-0.3, -0.25) is 24.6 Å². The van der Waals surface area contributed by atoms with Crippen molar-refractivity contribution in [2.75, 3.05) is 91.2 Å². The fourth-order valence-corrected chi connectivity index (χ4v) is 9.57. The number of amides is 3. The topological polar surface area (TPSA) is 143 Å². The Balaban J connectivity index is 0.762. The van der Waals surface area contributed by atoms with Crippen LogP contribution in [0.2, 0.25) is 5.02 Å². The highest BCUT2D eigenvalue weighted by Crippen LogP contribution is 2.46. The summed E-state index contributed by atoms with van der Waals surface area (Å²) in [6, 6.07) is 18.0. The van der Waals surface area contributed by atoms with Gasteiger partial charge < -0.3 is 30.7 Å². The van der Waals surface area contributed by atoms with Crippen LogP contribution in [0.15, 0.2) is 54.6 Å². The number of benzene rings is 2. The summed E-state index contributed by atoms with van der Waals surface area (Å²) in [4.78, 5) is 48.8. The van der Waals surface area contributed by atoms with Gasteiger partial charge in [0.2, 0.25) is 11.8 Å². The van der Waals surface area contributed by atoms with E-state index in [1.165, 1.54) is 0 Å². The largest absolute Gasteiger partial charge is 0.398 e. The number of aromatic nitrogens is 2. The second-order valence-electron chi connectivity index (χ2n) is 16.4. The molecule has 0 bridgehead atoms. The molecule has 292 valence electrons. The number of hydrogen-bond donors (Lipinski definition) is 3. The normalized spacial score (nSPS) is 23.7. The van der Waals surface area contributed by atoms with Crippen LogP contribution < -0.4 is 31.1 Å². The van der Waals surface area contributed by atoms with E-state index in [1.54, 1.807) is 0 Å². The van der Waals surface area contributed by atoms with Crippen LogP contribution >= 0.6 is 11.6 Å². The van der Waals surface area contributed by atoms with Crippen molar-refractivity contribution in [2.45, 2.75) is 64.0 Å². The summed E-state index contributed by atoms with van der Waals surface area (Å²) in [5.74, 6) is 0.911. The Morgan fingerprint density at radius 1 is 0.909 bits per heavy atom. The monoisotopic (exact) mass is 768 g/mol. The van der Waals surface area contributed by atoms with Gasteiger partial charge in [-0.15, -0.1) is 10.2 Å². The third kappa shape index (κ3) is 8.33. The maximum absolute atomic E-state index is 13.4. The number of imide groups is 1. The Labute approximate surface area is 328 Å². The molecule has 3 amide bonds. The van der Waals surface area contributed by atoms with Gasteiger partial charge in [0.1, 0.15) is 6.04 Å². The van der Waals surface area contributed by atoms with Gasteiger partial charge in [-0.2, -0.15) is 0 Å². The molecule has 14 heteroatoms. The molecule has 55 heavy (non-hydrogen) atoms. The molecule has 2 atom stereocenters. The molecule has 2 aromatic carbocycles. The number of piperidine rings is 3. The van der Waals surface area contributed by atoms with Crippen LogP contribution in [-0.4, -0.2) is 115 Å². The molecule has 0 aliphatic carbocycles. The number of piperazine rings is 1. The number of carbonyl (C=O) groups excluding carboxylic acids is 3. The smallest absolute Gasteiger partial charge is 0.274 e. The molecular weight excluding hydrogens is 716 g/mol. The van der Waals surface area contributed by atoms with Crippen LogP contribution in [-0.2, 0) is 9.59 Å². The minimum Gasteiger partial charge on any atom is -0.398 e. The van der Waals surface area contributed by atoms with Gasteiger partial charge in [-0.25, -0.2) is 0 Å². The zero-order valence-electron chi connectivity index (χ0n) is 31.8. The first kappa shape index (κ1) is 37.3. The molecule has 0 radical (unpaired) electrons. The van der Waals surface area contributed by atoms with E-state index in [4.69, 9.17) is 17.3 Å². The number of hydrogen-bond acceptors (Lipinski definition) is 11. The van der Waals surface area contributed by atoms with Gasteiger partial charge in [0.25, 0.3) is 5.91 Å². The van der Waals surface area contributed by atoms with Crippen molar-refractivity contribution in [2.24, 2.45) is 11.3 Å². The van der Waals surface area contributed by atoms with Gasteiger partial charge in [-0.1, -0.05) is 17.7 Å². The molecule has 5 fully saturated rings. The van der Waals surface area contributed by atoms with E-state index < -0.39 is 6.04 Å². The third-order valence-electron chi connectivity index (χ3n) is 12.7. The number of nitrogens with one attached hydrogen (secondary N) is 2. The molecule has 1 unspecified atom stereocenters. The second kappa shape index (κ2) is 15.9. The van der Waals surface area contributed by atoms with E-state index >= 15 is 0 Å². The predicted molar refractivity (Wildman–Crippen MR) is 217 cm³/mol. The van der Waals surface area contributed by atoms with Crippen LogP contribution in [0.4, 0.5) is 28.6 Å². The zero-order valence-corrected chi connectivity index (χ0v) is 32.5. The van der Waals surface area contributed by atoms with Crippen LogP contribution in [0.25, 0.3) is 0 Å². The van der Waals surface area contributed by atoms with E-state index in [2.05, 4.69) is 65.6 Å². The molecule has 1 aromatic heterocycles. The molecule has 4 N–H and O–H groups in total. The Hall–Kier alpha value is -4.62. The molecule has 6 heterocycles. The summed E-state index contributed by atoms with van der Waals surface area (Å²) >= 11 is 6.35. The lowest BCUT2D eigenvalue weighted by Crippen LogP contribution is -2.49.